The number of nitrogen functional groups attached to an aromatic ring is 1. The molecule has 0 aliphatic heterocycles. The number of hydrogen-bond acceptors (Lipinski definition) is 3. The minimum Gasteiger partial charge on any atom is -0.398 e. The van der Waals surface area contributed by atoms with Crippen molar-refractivity contribution in [2.75, 3.05) is 5.73 Å². The lowest BCUT2D eigenvalue weighted by atomic mass is 10.2. The molecule has 4 nitrogen and oxygen atoms in total. The Morgan fingerprint density at radius 1 is 1.21 bits per heavy atom. The lowest BCUT2D eigenvalue weighted by Gasteiger charge is -1.93. The Morgan fingerprint density at radius 3 is 3.07 bits per heavy atom. The van der Waals surface area contributed by atoms with E-state index in [9.17, 15) is 0 Å². The first-order chi connectivity index (χ1) is 6.86. The third-order valence-corrected chi connectivity index (χ3v) is 2.24. The quantitative estimate of drug-likeness (QED) is 0.538. The summed E-state index contributed by atoms with van der Waals surface area (Å²) in [6.07, 6.45) is 3.60. The molecule has 14 heavy (non-hydrogen) atoms. The first-order valence-corrected chi connectivity index (χ1v) is 4.34. The number of anilines is 1. The summed E-state index contributed by atoms with van der Waals surface area (Å²) >= 11 is 0. The third kappa shape index (κ3) is 0.821. The maximum Gasteiger partial charge on any atom is 0.164 e. The summed E-state index contributed by atoms with van der Waals surface area (Å²) < 4.78 is 1.74. The van der Waals surface area contributed by atoms with Crippen LogP contribution in [0, 0.1) is 0 Å². The minimum atomic E-state index is 0.719. The Balaban J connectivity index is 2.65. The van der Waals surface area contributed by atoms with Crippen molar-refractivity contribution in [1.29, 1.82) is 0 Å². The van der Waals surface area contributed by atoms with Gasteiger partial charge in [0.15, 0.2) is 5.65 Å². The fourth-order valence-electron chi connectivity index (χ4n) is 1.62. The van der Waals surface area contributed by atoms with Gasteiger partial charge in [0.2, 0.25) is 0 Å². The van der Waals surface area contributed by atoms with Crippen molar-refractivity contribution in [3.05, 3.63) is 36.7 Å². The molecule has 0 saturated carbocycles. The van der Waals surface area contributed by atoms with Gasteiger partial charge in [0.1, 0.15) is 0 Å². The molecule has 0 aliphatic rings. The molecule has 2 heterocycles. The summed E-state index contributed by atoms with van der Waals surface area (Å²) in [5, 5.41) is 5.27. The summed E-state index contributed by atoms with van der Waals surface area (Å²) in [6, 6.07) is 7.53. The first-order valence-electron chi connectivity index (χ1n) is 4.34. The van der Waals surface area contributed by atoms with E-state index in [1.165, 1.54) is 0 Å². The predicted molar refractivity (Wildman–Crippen MR) is 54.9 cm³/mol. The molecule has 0 spiro atoms. The number of nitrogens with two attached hydrogens (primary N) is 1. The summed E-state index contributed by atoms with van der Waals surface area (Å²) in [5.74, 6) is 0. The van der Waals surface area contributed by atoms with E-state index in [2.05, 4.69) is 10.1 Å². The van der Waals surface area contributed by atoms with E-state index < -0.39 is 0 Å². The molecule has 2 aromatic heterocycles. The summed E-state index contributed by atoms with van der Waals surface area (Å²) in [6.45, 7) is 0. The van der Waals surface area contributed by atoms with Gasteiger partial charge < -0.3 is 5.73 Å². The summed E-state index contributed by atoms with van der Waals surface area (Å²) in [4.78, 5) is 4.25. The van der Waals surface area contributed by atoms with Crippen LogP contribution < -0.4 is 5.73 Å². The lowest BCUT2D eigenvalue weighted by molar-refractivity contribution is 0.957. The second kappa shape index (κ2) is 2.45. The van der Waals surface area contributed by atoms with Crippen LogP contribution in [0.5, 0.6) is 0 Å². The summed E-state index contributed by atoms with van der Waals surface area (Å²) in [7, 11) is 0. The molecule has 0 saturated heterocycles. The van der Waals surface area contributed by atoms with Gasteiger partial charge in [-0.25, -0.2) is 9.50 Å². The molecule has 0 unspecified atom stereocenters. The Kier molecular flexibility index (Phi) is 1.28. The second-order valence-electron chi connectivity index (χ2n) is 3.13. The molecule has 4 heteroatoms. The molecular weight excluding hydrogens is 176 g/mol. The van der Waals surface area contributed by atoms with E-state index in [-0.39, 0.29) is 0 Å². The molecular formula is C10H8N4. The van der Waals surface area contributed by atoms with Gasteiger partial charge in [-0.2, -0.15) is 5.10 Å². The van der Waals surface area contributed by atoms with Crippen LogP contribution >= 0.6 is 0 Å². The standard InChI is InChI=1S/C10H8N4/c11-7-3-1-4-8-9(7)10-12-5-2-6-14(10)13-8/h1-6H,11H2. The van der Waals surface area contributed by atoms with Crippen LogP contribution in [-0.2, 0) is 0 Å². The van der Waals surface area contributed by atoms with E-state index in [4.69, 9.17) is 5.73 Å². The largest absolute Gasteiger partial charge is 0.398 e. The van der Waals surface area contributed by atoms with Crippen LogP contribution in [0.3, 0.4) is 0 Å². The Morgan fingerprint density at radius 2 is 2.14 bits per heavy atom. The number of nitrogens with zero attached hydrogens (tertiary/aromatic N) is 3. The fraction of sp³-hybridized carbons (Fsp3) is 0. The van der Waals surface area contributed by atoms with E-state index in [1.54, 1.807) is 10.7 Å². The van der Waals surface area contributed by atoms with Crippen LogP contribution in [0.1, 0.15) is 0 Å². The van der Waals surface area contributed by atoms with Crippen molar-refractivity contribution in [1.82, 2.24) is 14.6 Å². The number of aromatic nitrogens is 3. The predicted octanol–water partition coefficient (Wildman–Crippen LogP) is 1.46. The zero-order chi connectivity index (χ0) is 9.54. The Labute approximate surface area is 80.0 Å². The Hall–Kier alpha value is -2.10. The van der Waals surface area contributed by atoms with E-state index in [0.29, 0.717) is 0 Å². The van der Waals surface area contributed by atoms with E-state index in [0.717, 1.165) is 22.2 Å². The molecule has 0 aliphatic carbocycles. The van der Waals surface area contributed by atoms with Gasteiger partial charge in [-0.3, -0.25) is 0 Å². The maximum absolute atomic E-state index is 5.87. The number of benzene rings is 1. The van der Waals surface area contributed by atoms with Crippen LogP contribution in [0.2, 0.25) is 0 Å². The van der Waals surface area contributed by atoms with Crippen LogP contribution in [-0.4, -0.2) is 14.6 Å². The molecule has 0 fully saturated rings. The van der Waals surface area contributed by atoms with Crippen molar-refractivity contribution in [3.8, 4) is 0 Å². The highest BCUT2D eigenvalue weighted by atomic mass is 15.2. The Bertz CT molecular complexity index is 612. The molecule has 0 amide bonds. The molecule has 2 N–H and O–H groups in total. The third-order valence-electron chi connectivity index (χ3n) is 2.24. The fourth-order valence-corrected chi connectivity index (χ4v) is 1.62. The topological polar surface area (TPSA) is 56.2 Å². The van der Waals surface area contributed by atoms with Crippen molar-refractivity contribution in [2.24, 2.45) is 0 Å². The van der Waals surface area contributed by atoms with Crippen LogP contribution in [0.25, 0.3) is 16.6 Å². The average Bonchev–Trinajstić information content (AvgIpc) is 2.57. The minimum absolute atomic E-state index is 0.719. The molecule has 3 rings (SSSR count). The van der Waals surface area contributed by atoms with Crippen molar-refractivity contribution < 1.29 is 0 Å². The highest BCUT2D eigenvalue weighted by Gasteiger charge is 2.06. The molecule has 0 radical (unpaired) electrons. The van der Waals surface area contributed by atoms with Gasteiger partial charge in [0, 0.05) is 18.1 Å². The monoisotopic (exact) mass is 184 g/mol. The van der Waals surface area contributed by atoms with Gasteiger partial charge in [0.05, 0.1) is 10.9 Å². The number of rotatable bonds is 0. The SMILES string of the molecule is Nc1cccc2nn3cccnc3c12. The van der Waals surface area contributed by atoms with Gasteiger partial charge in [-0.15, -0.1) is 0 Å². The summed E-state index contributed by atoms with van der Waals surface area (Å²) in [5.41, 5.74) is 8.28. The van der Waals surface area contributed by atoms with Gasteiger partial charge in [-0.05, 0) is 18.2 Å². The normalized spacial score (nSPS) is 11.1. The second-order valence-corrected chi connectivity index (χ2v) is 3.13. The maximum atomic E-state index is 5.87. The smallest absolute Gasteiger partial charge is 0.164 e. The molecule has 1 aromatic carbocycles. The lowest BCUT2D eigenvalue weighted by Crippen LogP contribution is -1.87. The van der Waals surface area contributed by atoms with Crippen molar-refractivity contribution >= 4 is 22.2 Å². The van der Waals surface area contributed by atoms with E-state index in [1.807, 2.05) is 30.5 Å². The zero-order valence-electron chi connectivity index (χ0n) is 7.38. The van der Waals surface area contributed by atoms with Crippen LogP contribution in [0.4, 0.5) is 5.69 Å². The molecule has 0 bridgehead atoms. The van der Waals surface area contributed by atoms with Crippen LogP contribution in [0.15, 0.2) is 36.7 Å². The van der Waals surface area contributed by atoms with Crippen molar-refractivity contribution in [3.63, 3.8) is 0 Å². The zero-order valence-corrected chi connectivity index (χ0v) is 7.38. The number of fused-ring (bicyclic) bond motifs is 3. The average molecular weight is 184 g/mol. The van der Waals surface area contributed by atoms with Gasteiger partial charge in [-0.1, -0.05) is 6.07 Å². The number of hydrogen-bond donors (Lipinski definition) is 1. The van der Waals surface area contributed by atoms with E-state index >= 15 is 0 Å². The van der Waals surface area contributed by atoms with Gasteiger partial charge >= 0.3 is 0 Å². The van der Waals surface area contributed by atoms with Gasteiger partial charge in [0.25, 0.3) is 0 Å². The first kappa shape index (κ1) is 7.32. The molecule has 68 valence electrons. The highest BCUT2D eigenvalue weighted by molar-refractivity contribution is 6.00. The van der Waals surface area contributed by atoms with Crippen molar-refractivity contribution in [2.45, 2.75) is 0 Å². The molecule has 3 aromatic rings. The molecule has 0 atom stereocenters. The highest BCUT2D eigenvalue weighted by Crippen LogP contribution is 2.23.